The van der Waals surface area contributed by atoms with Crippen molar-refractivity contribution in [2.24, 2.45) is 0 Å². The topological polar surface area (TPSA) is 41.6 Å². The van der Waals surface area contributed by atoms with Gasteiger partial charge < -0.3 is 15.0 Å². The fourth-order valence-corrected chi connectivity index (χ4v) is 2.71. The Bertz CT molecular complexity index is 525. The van der Waals surface area contributed by atoms with Crippen molar-refractivity contribution in [3.63, 3.8) is 0 Å². The molecule has 1 atom stereocenters. The number of ether oxygens (including phenoxy) is 1. The largest absolute Gasteiger partial charge is 0.444 e. The molecule has 21 heavy (non-hydrogen) atoms. The molecule has 0 radical (unpaired) electrons. The van der Waals surface area contributed by atoms with E-state index in [0.29, 0.717) is 13.1 Å². The molecular formula is C16H23ClN2O2. The molecule has 2 rings (SSSR count). The third kappa shape index (κ3) is 4.35. The lowest BCUT2D eigenvalue weighted by Crippen LogP contribution is -2.49. The molecule has 1 N–H and O–H groups in total. The van der Waals surface area contributed by atoms with Gasteiger partial charge >= 0.3 is 6.09 Å². The Hall–Kier alpha value is -1.26. The normalized spacial score (nSPS) is 19.5. The molecule has 1 unspecified atom stereocenters. The summed E-state index contributed by atoms with van der Waals surface area (Å²) in [6, 6.07) is 5.97. The average molecular weight is 311 g/mol. The summed E-state index contributed by atoms with van der Waals surface area (Å²) in [5.41, 5.74) is 1.84. The van der Waals surface area contributed by atoms with Crippen LogP contribution in [0.4, 0.5) is 4.79 Å². The lowest BCUT2D eigenvalue weighted by Gasteiger charge is -2.35. The maximum absolute atomic E-state index is 12.2. The van der Waals surface area contributed by atoms with Crippen LogP contribution in [-0.4, -0.2) is 36.2 Å². The van der Waals surface area contributed by atoms with E-state index in [4.69, 9.17) is 16.3 Å². The van der Waals surface area contributed by atoms with Gasteiger partial charge in [0.25, 0.3) is 0 Å². The molecule has 1 aliphatic rings. The molecule has 4 nitrogen and oxygen atoms in total. The number of carbonyl (C=O) groups is 1. The van der Waals surface area contributed by atoms with Crippen molar-refractivity contribution >= 4 is 17.7 Å². The maximum Gasteiger partial charge on any atom is 0.410 e. The number of halogens is 1. The number of amides is 1. The molecule has 1 aromatic carbocycles. The maximum atomic E-state index is 12.2. The van der Waals surface area contributed by atoms with Crippen LogP contribution >= 0.6 is 11.6 Å². The van der Waals surface area contributed by atoms with Gasteiger partial charge in [-0.05, 0) is 51.0 Å². The third-order valence-corrected chi connectivity index (χ3v) is 3.67. The minimum absolute atomic E-state index is 0.114. The van der Waals surface area contributed by atoms with Crippen molar-refractivity contribution in [1.29, 1.82) is 0 Å². The van der Waals surface area contributed by atoms with Crippen molar-refractivity contribution < 1.29 is 9.53 Å². The summed E-state index contributed by atoms with van der Waals surface area (Å²) in [6.07, 6.45) is -0.249. The van der Waals surface area contributed by atoms with Crippen molar-refractivity contribution in [1.82, 2.24) is 10.2 Å². The number of rotatable bonds is 1. The number of carbonyl (C=O) groups excluding carboxylic acids is 1. The number of piperazine rings is 1. The summed E-state index contributed by atoms with van der Waals surface area (Å²) in [5, 5.41) is 4.18. The first-order chi connectivity index (χ1) is 9.76. The van der Waals surface area contributed by atoms with E-state index < -0.39 is 5.60 Å². The van der Waals surface area contributed by atoms with Gasteiger partial charge in [0.1, 0.15) is 5.60 Å². The molecular weight excluding hydrogens is 288 g/mol. The molecule has 1 saturated heterocycles. The van der Waals surface area contributed by atoms with E-state index in [2.05, 4.69) is 5.32 Å². The Balaban J connectivity index is 2.08. The van der Waals surface area contributed by atoms with Crippen LogP contribution in [-0.2, 0) is 4.74 Å². The fourth-order valence-electron chi connectivity index (χ4n) is 2.48. The van der Waals surface area contributed by atoms with Crippen LogP contribution in [0.15, 0.2) is 18.2 Å². The molecule has 1 aromatic rings. The van der Waals surface area contributed by atoms with Gasteiger partial charge in [-0.25, -0.2) is 4.79 Å². The van der Waals surface area contributed by atoms with E-state index in [-0.39, 0.29) is 12.1 Å². The molecule has 1 fully saturated rings. The van der Waals surface area contributed by atoms with Crippen molar-refractivity contribution in [2.75, 3.05) is 19.6 Å². The van der Waals surface area contributed by atoms with Gasteiger partial charge in [-0.1, -0.05) is 17.7 Å². The van der Waals surface area contributed by atoms with Gasteiger partial charge in [-0.2, -0.15) is 0 Å². The van der Waals surface area contributed by atoms with E-state index in [9.17, 15) is 4.79 Å². The second kappa shape index (κ2) is 6.24. The molecule has 116 valence electrons. The Labute approximate surface area is 131 Å². The lowest BCUT2D eigenvalue weighted by atomic mass is 9.99. The van der Waals surface area contributed by atoms with Crippen LogP contribution in [0.3, 0.4) is 0 Å². The summed E-state index contributed by atoms with van der Waals surface area (Å²) in [7, 11) is 0. The van der Waals surface area contributed by atoms with Gasteiger partial charge in [-0.3, -0.25) is 0 Å². The summed E-state index contributed by atoms with van der Waals surface area (Å²) >= 11 is 6.00. The molecule has 0 spiro atoms. The summed E-state index contributed by atoms with van der Waals surface area (Å²) in [6.45, 7) is 9.71. The second-order valence-electron chi connectivity index (χ2n) is 6.43. The number of nitrogens with zero attached hydrogens (tertiary/aromatic N) is 1. The number of hydrogen-bond acceptors (Lipinski definition) is 3. The smallest absolute Gasteiger partial charge is 0.410 e. The van der Waals surface area contributed by atoms with Crippen molar-refractivity contribution in [3.8, 4) is 0 Å². The number of aryl methyl sites for hydroxylation is 1. The minimum Gasteiger partial charge on any atom is -0.444 e. The quantitative estimate of drug-likeness (QED) is 0.863. The average Bonchev–Trinajstić information content (AvgIpc) is 2.37. The SMILES string of the molecule is Cc1cc(Cl)ccc1C1CN(C(=O)OC(C)(C)C)CCN1. The first kappa shape index (κ1) is 16.1. The number of benzene rings is 1. The molecule has 1 amide bonds. The molecule has 0 aromatic heterocycles. The predicted octanol–water partition coefficient (Wildman–Crippen LogP) is 3.53. The number of hydrogen-bond donors (Lipinski definition) is 1. The predicted molar refractivity (Wildman–Crippen MR) is 84.7 cm³/mol. The standard InChI is InChI=1S/C16H23ClN2O2/c1-11-9-12(17)5-6-13(11)14-10-19(8-7-18-14)15(20)21-16(2,3)4/h5-6,9,14,18H,7-8,10H2,1-4H3. The Morgan fingerprint density at radius 1 is 1.43 bits per heavy atom. The van der Waals surface area contributed by atoms with Crippen molar-refractivity contribution in [2.45, 2.75) is 39.3 Å². The third-order valence-electron chi connectivity index (χ3n) is 3.43. The zero-order chi connectivity index (χ0) is 15.6. The Kier molecular flexibility index (Phi) is 4.79. The van der Waals surface area contributed by atoms with Crippen LogP contribution in [0.5, 0.6) is 0 Å². The van der Waals surface area contributed by atoms with Crippen LogP contribution < -0.4 is 5.32 Å². The lowest BCUT2D eigenvalue weighted by molar-refractivity contribution is 0.0195. The van der Waals surface area contributed by atoms with Gasteiger partial charge in [0, 0.05) is 24.7 Å². The molecule has 5 heteroatoms. The first-order valence-electron chi connectivity index (χ1n) is 7.23. The first-order valence-corrected chi connectivity index (χ1v) is 7.61. The second-order valence-corrected chi connectivity index (χ2v) is 6.87. The van der Waals surface area contributed by atoms with Gasteiger partial charge in [0.2, 0.25) is 0 Å². The highest BCUT2D eigenvalue weighted by Gasteiger charge is 2.28. The van der Waals surface area contributed by atoms with E-state index >= 15 is 0 Å². The summed E-state index contributed by atoms with van der Waals surface area (Å²) in [5.74, 6) is 0. The summed E-state index contributed by atoms with van der Waals surface area (Å²) in [4.78, 5) is 13.9. The minimum atomic E-state index is -0.465. The van der Waals surface area contributed by atoms with Crippen LogP contribution in [0.25, 0.3) is 0 Å². The molecule has 1 heterocycles. The van der Waals surface area contributed by atoms with Gasteiger partial charge in [0.15, 0.2) is 0 Å². The molecule has 0 aliphatic carbocycles. The molecule has 1 aliphatic heterocycles. The summed E-state index contributed by atoms with van der Waals surface area (Å²) < 4.78 is 5.45. The Morgan fingerprint density at radius 2 is 2.14 bits per heavy atom. The van der Waals surface area contributed by atoms with E-state index in [1.165, 1.54) is 5.56 Å². The van der Waals surface area contributed by atoms with E-state index in [1.807, 2.05) is 45.9 Å². The van der Waals surface area contributed by atoms with E-state index in [1.54, 1.807) is 4.90 Å². The van der Waals surface area contributed by atoms with Crippen LogP contribution in [0.2, 0.25) is 5.02 Å². The Morgan fingerprint density at radius 3 is 2.76 bits per heavy atom. The monoisotopic (exact) mass is 310 g/mol. The highest BCUT2D eigenvalue weighted by atomic mass is 35.5. The molecule has 0 saturated carbocycles. The van der Waals surface area contributed by atoms with Crippen molar-refractivity contribution in [3.05, 3.63) is 34.3 Å². The number of nitrogens with one attached hydrogen (secondary N) is 1. The van der Waals surface area contributed by atoms with Gasteiger partial charge in [0.05, 0.1) is 6.04 Å². The van der Waals surface area contributed by atoms with E-state index in [0.717, 1.165) is 17.1 Å². The molecule has 0 bridgehead atoms. The van der Waals surface area contributed by atoms with Crippen LogP contribution in [0.1, 0.15) is 37.9 Å². The highest BCUT2D eigenvalue weighted by molar-refractivity contribution is 6.30. The zero-order valence-corrected chi connectivity index (χ0v) is 13.8. The van der Waals surface area contributed by atoms with Gasteiger partial charge in [-0.15, -0.1) is 0 Å². The highest BCUT2D eigenvalue weighted by Crippen LogP contribution is 2.24. The fraction of sp³-hybridized carbons (Fsp3) is 0.562. The van der Waals surface area contributed by atoms with Crippen LogP contribution in [0, 0.1) is 6.92 Å². The zero-order valence-electron chi connectivity index (χ0n) is 13.1.